The molecule has 1 saturated heterocycles. The summed E-state index contributed by atoms with van der Waals surface area (Å²) in [5.41, 5.74) is 2.55. The van der Waals surface area contributed by atoms with E-state index in [4.69, 9.17) is 0 Å². The summed E-state index contributed by atoms with van der Waals surface area (Å²) in [7, 11) is 0. The number of benzene rings is 1. The fraction of sp³-hybridized carbons (Fsp3) is 0.381. The average molecular weight is 363 g/mol. The van der Waals surface area contributed by atoms with Crippen molar-refractivity contribution in [3.05, 3.63) is 59.9 Å². The van der Waals surface area contributed by atoms with E-state index in [1.165, 1.54) is 18.4 Å². The maximum Gasteiger partial charge on any atom is 0.252 e. The number of carbonyl (C=O) groups is 1. The molecular weight excluding hydrogens is 338 g/mol. The minimum atomic E-state index is -0.0658. The average Bonchev–Trinajstić information content (AvgIpc) is 3.11. The van der Waals surface area contributed by atoms with Crippen LogP contribution in [0.15, 0.2) is 48.8 Å². The summed E-state index contributed by atoms with van der Waals surface area (Å²) in [6.07, 6.45) is 6.91. The van der Waals surface area contributed by atoms with Crippen LogP contribution in [0.5, 0.6) is 0 Å². The molecular formula is C21H25N5O. The molecule has 0 bridgehead atoms. The first-order valence-electron chi connectivity index (χ1n) is 9.64. The van der Waals surface area contributed by atoms with Gasteiger partial charge in [-0.3, -0.25) is 4.79 Å². The van der Waals surface area contributed by atoms with Crippen molar-refractivity contribution in [2.75, 3.05) is 19.6 Å². The van der Waals surface area contributed by atoms with Gasteiger partial charge in [0.2, 0.25) is 0 Å². The third kappa shape index (κ3) is 4.34. The number of amides is 1. The van der Waals surface area contributed by atoms with Gasteiger partial charge in [0.1, 0.15) is 0 Å². The SMILES string of the molecule is O=C(NCCC1CCCNC1)c1cnc2c(cnn2Cc2ccccc2)c1. The van der Waals surface area contributed by atoms with E-state index in [9.17, 15) is 4.79 Å². The molecule has 2 N–H and O–H groups in total. The Hall–Kier alpha value is -2.73. The second-order valence-electron chi connectivity index (χ2n) is 7.18. The number of fused-ring (bicyclic) bond motifs is 1. The number of piperidine rings is 1. The molecule has 1 aliphatic heterocycles. The number of aromatic nitrogens is 3. The van der Waals surface area contributed by atoms with Crippen LogP contribution in [0.2, 0.25) is 0 Å². The van der Waals surface area contributed by atoms with Crippen LogP contribution >= 0.6 is 0 Å². The van der Waals surface area contributed by atoms with Crippen molar-refractivity contribution in [1.29, 1.82) is 0 Å². The van der Waals surface area contributed by atoms with Crippen LogP contribution < -0.4 is 10.6 Å². The molecule has 140 valence electrons. The van der Waals surface area contributed by atoms with Gasteiger partial charge in [0.05, 0.1) is 18.3 Å². The van der Waals surface area contributed by atoms with Crippen molar-refractivity contribution in [1.82, 2.24) is 25.4 Å². The Morgan fingerprint density at radius 1 is 1.26 bits per heavy atom. The molecule has 1 fully saturated rings. The van der Waals surface area contributed by atoms with Gasteiger partial charge < -0.3 is 10.6 Å². The summed E-state index contributed by atoms with van der Waals surface area (Å²) in [5, 5.41) is 11.8. The first-order valence-corrected chi connectivity index (χ1v) is 9.64. The van der Waals surface area contributed by atoms with Crippen LogP contribution in [-0.2, 0) is 6.54 Å². The zero-order valence-corrected chi connectivity index (χ0v) is 15.4. The quantitative estimate of drug-likeness (QED) is 0.706. The second-order valence-corrected chi connectivity index (χ2v) is 7.18. The smallest absolute Gasteiger partial charge is 0.252 e. The fourth-order valence-electron chi connectivity index (χ4n) is 3.63. The van der Waals surface area contributed by atoms with Gasteiger partial charge >= 0.3 is 0 Å². The van der Waals surface area contributed by atoms with E-state index in [0.717, 1.165) is 30.5 Å². The largest absolute Gasteiger partial charge is 0.352 e. The van der Waals surface area contributed by atoms with Crippen molar-refractivity contribution in [2.24, 2.45) is 5.92 Å². The predicted octanol–water partition coefficient (Wildman–Crippen LogP) is 2.60. The molecule has 0 aliphatic carbocycles. The van der Waals surface area contributed by atoms with Gasteiger partial charge in [-0.15, -0.1) is 0 Å². The monoisotopic (exact) mass is 363 g/mol. The van der Waals surface area contributed by atoms with Crippen LogP contribution in [-0.4, -0.2) is 40.3 Å². The van der Waals surface area contributed by atoms with E-state index < -0.39 is 0 Å². The summed E-state index contributed by atoms with van der Waals surface area (Å²) in [6, 6.07) is 12.0. The van der Waals surface area contributed by atoms with E-state index in [0.29, 0.717) is 24.6 Å². The third-order valence-electron chi connectivity index (χ3n) is 5.15. The Kier molecular flexibility index (Phi) is 5.44. The number of nitrogens with zero attached hydrogens (tertiary/aromatic N) is 3. The molecule has 2 aromatic heterocycles. The summed E-state index contributed by atoms with van der Waals surface area (Å²) in [5.74, 6) is 0.597. The summed E-state index contributed by atoms with van der Waals surface area (Å²) in [4.78, 5) is 16.9. The number of pyridine rings is 1. The zero-order valence-electron chi connectivity index (χ0n) is 15.4. The van der Waals surface area contributed by atoms with Crippen molar-refractivity contribution in [2.45, 2.75) is 25.8 Å². The van der Waals surface area contributed by atoms with Crippen molar-refractivity contribution in [3.63, 3.8) is 0 Å². The van der Waals surface area contributed by atoms with Crippen molar-refractivity contribution in [3.8, 4) is 0 Å². The number of nitrogens with one attached hydrogen (secondary N) is 2. The van der Waals surface area contributed by atoms with Gasteiger partial charge in [-0.1, -0.05) is 30.3 Å². The van der Waals surface area contributed by atoms with Crippen LogP contribution in [0.1, 0.15) is 35.2 Å². The minimum Gasteiger partial charge on any atom is -0.352 e. The van der Waals surface area contributed by atoms with E-state index in [-0.39, 0.29) is 5.91 Å². The van der Waals surface area contributed by atoms with Crippen molar-refractivity contribution < 1.29 is 4.79 Å². The predicted molar refractivity (Wildman–Crippen MR) is 106 cm³/mol. The lowest BCUT2D eigenvalue weighted by Gasteiger charge is -2.22. The molecule has 6 heteroatoms. The molecule has 1 unspecified atom stereocenters. The molecule has 3 aromatic rings. The summed E-state index contributed by atoms with van der Waals surface area (Å²) < 4.78 is 1.86. The van der Waals surface area contributed by atoms with Crippen LogP contribution in [0, 0.1) is 5.92 Å². The van der Waals surface area contributed by atoms with E-state index in [1.807, 2.05) is 28.9 Å². The normalized spacial score (nSPS) is 17.1. The first kappa shape index (κ1) is 17.7. The molecule has 6 nitrogen and oxygen atoms in total. The molecule has 27 heavy (non-hydrogen) atoms. The molecule has 1 aromatic carbocycles. The third-order valence-corrected chi connectivity index (χ3v) is 5.15. The lowest BCUT2D eigenvalue weighted by molar-refractivity contribution is 0.0950. The van der Waals surface area contributed by atoms with Gasteiger partial charge in [0, 0.05) is 18.1 Å². The van der Waals surface area contributed by atoms with E-state index in [2.05, 4.69) is 32.8 Å². The Morgan fingerprint density at radius 2 is 2.15 bits per heavy atom. The molecule has 0 radical (unpaired) electrons. The number of hydrogen-bond donors (Lipinski definition) is 2. The minimum absolute atomic E-state index is 0.0658. The fourth-order valence-corrected chi connectivity index (χ4v) is 3.63. The van der Waals surface area contributed by atoms with Gasteiger partial charge in [0.25, 0.3) is 5.91 Å². The van der Waals surface area contributed by atoms with Gasteiger partial charge in [-0.2, -0.15) is 5.10 Å². The van der Waals surface area contributed by atoms with E-state index in [1.54, 1.807) is 12.4 Å². The topological polar surface area (TPSA) is 71.8 Å². The Morgan fingerprint density at radius 3 is 2.96 bits per heavy atom. The van der Waals surface area contributed by atoms with Gasteiger partial charge in [0.15, 0.2) is 5.65 Å². The summed E-state index contributed by atoms with van der Waals surface area (Å²) in [6.45, 7) is 3.55. The molecule has 1 amide bonds. The maximum atomic E-state index is 12.4. The maximum absolute atomic E-state index is 12.4. The Bertz CT molecular complexity index is 899. The first-order chi connectivity index (χ1) is 13.3. The van der Waals surface area contributed by atoms with Crippen LogP contribution in [0.4, 0.5) is 0 Å². The van der Waals surface area contributed by atoms with Crippen LogP contribution in [0.25, 0.3) is 11.0 Å². The molecule has 0 spiro atoms. The standard InChI is InChI=1S/C21H25N5O/c27-21(23-10-8-16-7-4-9-22-12-16)19-11-18-14-25-26(20(18)24-13-19)15-17-5-2-1-3-6-17/h1-3,5-6,11,13-14,16,22H,4,7-10,12,15H2,(H,23,27). The molecule has 1 atom stereocenters. The van der Waals surface area contributed by atoms with Gasteiger partial charge in [-0.25, -0.2) is 9.67 Å². The molecule has 1 aliphatic rings. The second kappa shape index (κ2) is 8.31. The van der Waals surface area contributed by atoms with Crippen molar-refractivity contribution >= 4 is 16.9 Å². The molecule has 0 saturated carbocycles. The van der Waals surface area contributed by atoms with Gasteiger partial charge in [-0.05, 0) is 49.9 Å². The highest BCUT2D eigenvalue weighted by molar-refractivity contribution is 5.96. The van der Waals surface area contributed by atoms with E-state index >= 15 is 0 Å². The zero-order chi connectivity index (χ0) is 18.5. The number of rotatable bonds is 6. The molecule has 3 heterocycles. The Balaban J connectivity index is 1.38. The lowest BCUT2D eigenvalue weighted by Crippen LogP contribution is -2.33. The Labute approximate surface area is 159 Å². The highest BCUT2D eigenvalue weighted by atomic mass is 16.1. The van der Waals surface area contributed by atoms with Crippen LogP contribution in [0.3, 0.4) is 0 Å². The highest BCUT2D eigenvalue weighted by Crippen LogP contribution is 2.15. The lowest BCUT2D eigenvalue weighted by atomic mass is 9.96. The summed E-state index contributed by atoms with van der Waals surface area (Å²) >= 11 is 0. The highest BCUT2D eigenvalue weighted by Gasteiger charge is 2.14. The molecule has 4 rings (SSSR count). The number of hydrogen-bond acceptors (Lipinski definition) is 4. The number of carbonyl (C=O) groups excluding carboxylic acids is 1.